The van der Waals surface area contributed by atoms with Gasteiger partial charge in [0.05, 0.1) is 6.42 Å². The van der Waals surface area contributed by atoms with Gasteiger partial charge >= 0.3 is 0 Å². The van der Waals surface area contributed by atoms with Gasteiger partial charge < -0.3 is 15.1 Å². The van der Waals surface area contributed by atoms with Crippen molar-refractivity contribution in [2.75, 3.05) is 36.4 Å². The van der Waals surface area contributed by atoms with Gasteiger partial charge in [-0.2, -0.15) is 0 Å². The molecular weight excluding hydrogens is 354 g/mol. The van der Waals surface area contributed by atoms with Gasteiger partial charge in [-0.05, 0) is 24.3 Å². The largest absolute Gasteiger partial charge is 0.368 e. The minimum Gasteiger partial charge on any atom is -0.368 e. The maximum atomic E-state index is 12.3. The van der Waals surface area contributed by atoms with Gasteiger partial charge in [-0.1, -0.05) is 36.4 Å². The van der Waals surface area contributed by atoms with E-state index in [4.69, 9.17) is 0 Å². The first-order valence-corrected chi connectivity index (χ1v) is 9.47. The quantitative estimate of drug-likeness (QED) is 0.850. The van der Waals surface area contributed by atoms with Crippen LogP contribution < -0.4 is 15.5 Å². The Labute approximate surface area is 164 Å². The molecule has 2 N–H and O–H groups in total. The molecule has 0 aromatic heterocycles. The number of nitrogens with zero attached hydrogens (tertiary/aromatic N) is 3. The van der Waals surface area contributed by atoms with E-state index in [2.05, 4.69) is 37.6 Å². The SMILES string of the molecule is O=C(C[C@H]1N=C(N2CCN(c3ccccc3)CC2)NC1=O)Nc1ccccc1. The van der Waals surface area contributed by atoms with Crippen molar-refractivity contribution in [3.05, 3.63) is 60.7 Å². The fraction of sp³-hybridized carbons (Fsp3) is 0.286. The van der Waals surface area contributed by atoms with Crippen LogP contribution in [0.5, 0.6) is 0 Å². The van der Waals surface area contributed by atoms with E-state index in [1.54, 1.807) is 0 Å². The number of guanidine groups is 1. The van der Waals surface area contributed by atoms with E-state index >= 15 is 0 Å². The number of nitrogens with one attached hydrogen (secondary N) is 2. The lowest BCUT2D eigenvalue weighted by Crippen LogP contribution is -2.52. The number of para-hydroxylation sites is 2. The van der Waals surface area contributed by atoms with Crippen LogP contribution in [0.2, 0.25) is 0 Å². The lowest BCUT2D eigenvalue weighted by atomic mass is 10.2. The molecule has 0 aliphatic carbocycles. The van der Waals surface area contributed by atoms with Crippen LogP contribution >= 0.6 is 0 Å². The molecule has 2 aliphatic rings. The Bertz CT molecular complexity index is 861. The number of benzene rings is 2. The van der Waals surface area contributed by atoms with Crippen molar-refractivity contribution >= 4 is 29.1 Å². The molecule has 0 radical (unpaired) electrons. The zero-order valence-corrected chi connectivity index (χ0v) is 15.5. The average Bonchev–Trinajstić information content (AvgIpc) is 3.09. The van der Waals surface area contributed by atoms with Gasteiger partial charge in [-0.25, -0.2) is 4.99 Å². The first-order chi connectivity index (χ1) is 13.7. The van der Waals surface area contributed by atoms with E-state index in [-0.39, 0.29) is 18.2 Å². The van der Waals surface area contributed by atoms with Crippen molar-refractivity contribution in [3.63, 3.8) is 0 Å². The smallest absolute Gasteiger partial charge is 0.252 e. The van der Waals surface area contributed by atoms with Crippen molar-refractivity contribution in [2.24, 2.45) is 4.99 Å². The predicted molar refractivity (Wildman–Crippen MR) is 109 cm³/mol. The van der Waals surface area contributed by atoms with Crippen LogP contribution in [0.15, 0.2) is 65.7 Å². The Morgan fingerprint density at radius 1 is 0.964 bits per heavy atom. The van der Waals surface area contributed by atoms with Crippen molar-refractivity contribution < 1.29 is 9.59 Å². The molecule has 7 nitrogen and oxygen atoms in total. The van der Waals surface area contributed by atoms with E-state index in [1.807, 2.05) is 48.5 Å². The molecule has 0 spiro atoms. The van der Waals surface area contributed by atoms with E-state index in [0.717, 1.165) is 26.2 Å². The summed E-state index contributed by atoms with van der Waals surface area (Å²) < 4.78 is 0. The Kier molecular flexibility index (Phi) is 5.23. The Hall–Kier alpha value is -3.35. The highest BCUT2D eigenvalue weighted by Gasteiger charge is 2.32. The average molecular weight is 377 g/mol. The zero-order valence-electron chi connectivity index (χ0n) is 15.5. The van der Waals surface area contributed by atoms with Gasteiger partial charge in [-0.15, -0.1) is 0 Å². The highest BCUT2D eigenvalue weighted by atomic mass is 16.2. The molecule has 0 unspecified atom stereocenters. The molecule has 4 rings (SSSR count). The number of amides is 2. The Balaban J connectivity index is 1.32. The van der Waals surface area contributed by atoms with Crippen molar-refractivity contribution in [1.82, 2.24) is 10.2 Å². The van der Waals surface area contributed by atoms with E-state index < -0.39 is 6.04 Å². The molecule has 0 bridgehead atoms. The monoisotopic (exact) mass is 377 g/mol. The Morgan fingerprint density at radius 2 is 1.57 bits per heavy atom. The molecular formula is C21H23N5O2. The third-order valence-corrected chi connectivity index (χ3v) is 4.95. The second-order valence-corrected chi connectivity index (χ2v) is 6.89. The van der Waals surface area contributed by atoms with Crippen LogP contribution in [0, 0.1) is 0 Å². The van der Waals surface area contributed by atoms with Gasteiger partial charge in [0.25, 0.3) is 5.91 Å². The summed E-state index contributed by atoms with van der Waals surface area (Å²) in [6.07, 6.45) is 0.0359. The van der Waals surface area contributed by atoms with Crippen molar-refractivity contribution in [1.29, 1.82) is 0 Å². The number of hydrogen-bond acceptors (Lipinski definition) is 5. The van der Waals surface area contributed by atoms with Gasteiger partial charge in [0.15, 0.2) is 0 Å². The summed E-state index contributed by atoms with van der Waals surface area (Å²) >= 11 is 0. The molecule has 28 heavy (non-hydrogen) atoms. The molecule has 2 aliphatic heterocycles. The van der Waals surface area contributed by atoms with Crippen LogP contribution in [0.4, 0.5) is 11.4 Å². The van der Waals surface area contributed by atoms with Crippen molar-refractivity contribution in [2.45, 2.75) is 12.5 Å². The number of aliphatic imine (C=N–C) groups is 1. The fourth-order valence-electron chi connectivity index (χ4n) is 3.46. The normalized spacial score (nSPS) is 19.2. The van der Waals surface area contributed by atoms with Gasteiger partial charge in [0.1, 0.15) is 6.04 Å². The number of carbonyl (C=O) groups excluding carboxylic acids is 2. The first kappa shape index (κ1) is 18.0. The number of piperazine rings is 1. The summed E-state index contributed by atoms with van der Waals surface area (Å²) in [4.78, 5) is 33.3. The molecule has 1 saturated heterocycles. The number of carbonyl (C=O) groups is 2. The second kappa shape index (κ2) is 8.12. The number of hydrogen-bond donors (Lipinski definition) is 2. The zero-order chi connectivity index (χ0) is 19.3. The molecule has 2 heterocycles. The number of anilines is 2. The molecule has 1 atom stereocenters. The maximum Gasteiger partial charge on any atom is 0.252 e. The summed E-state index contributed by atoms with van der Waals surface area (Å²) in [6.45, 7) is 3.27. The summed E-state index contributed by atoms with van der Waals surface area (Å²) in [5.41, 5.74) is 1.92. The third kappa shape index (κ3) is 4.14. The summed E-state index contributed by atoms with van der Waals surface area (Å²) in [6, 6.07) is 18.8. The molecule has 7 heteroatoms. The van der Waals surface area contributed by atoms with Crippen LogP contribution in [0.3, 0.4) is 0 Å². The fourth-order valence-corrected chi connectivity index (χ4v) is 3.46. The van der Waals surface area contributed by atoms with E-state index in [1.165, 1.54) is 5.69 Å². The molecule has 144 valence electrons. The van der Waals surface area contributed by atoms with Crippen LogP contribution in [-0.2, 0) is 9.59 Å². The molecule has 2 aromatic carbocycles. The third-order valence-electron chi connectivity index (χ3n) is 4.95. The van der Waals surface area contributed by atoms with Crippen LogP contribution in [0.1, 0.15) is 6.42 Å². The minimum atomic E-state index is -0.675. The number of rotatable bonds is 4. The Morgan fingerprint density at radius 3 is 2.25 bits per heavy atom. The van der Waals surface area contributed by atoms with Gasteiger partial charge in [-0.3, -0.25) is 14.9 Å². The summed E-state index contributed by atoms with van der Waals surface area (Å²) in [7, 11) is 0. The van der Waals surface area contributed by atoms with Crippen molar-refractivity contribution in [3.8, 4) is 0 Å². The minimum absolute atomic E-state index is 0.0359. The van der Waals surface area contributed by atoms with Crippen LogP contribution in [-0.4, -0.2) is 54.9 Å². The topological polar surface area (TPSA) is 77.0 Å². The van der Waals surface area contributed by atoms with Gasteiger partial charge in [0.2, 0.25) is 11.9 Å². The maximum absolute atomic E-state index is 12.3. The van der Waals surface area contributed by atoms with E-state index in [9.17, 15) is 9.59 Å². The molecule has 0 saturated carbocycles. The lowest BCUT2D eigenvalue weighted by Gasteiger charge is -2.36. The molecule has 2 aromatic rings. The highest BCUT2D eigenvalue weighted by molar-refractivity contribution is 6.07. The molecule has 1 fully saturated rings. The lowest BCUT2D eigenvalue weighted by molar-refractivity contribution is -0.123. The van der Waals surface area contributed by atoms with Crippen LogP contribution in [0.25, 0.3) is 0 Å². The summed E-state index contributed by atoms with van der Waals surface area (Å²) in [5, 5.41) is 5.64. The summed E-state index contributed by atoms with van der Waals surface area (Å²) in [5.74, 6) is 0.143. The molecule has 2 amide bonds. The standard InChI is InChI=1S/C21H23N5O2/c27-19(22-16-7-3-1-4-8-16)15-18-20(28)24-21(23-18)26-13-11-25(12-14-26)17-9-5-2-6-10-17/h1-10,18H,11-15H2,(H,22,27)(H,23,24,28)/t18-/m1/s1. The van der Waals surface area contributed by atoms with E-state index in [0.29, 0.717) is 11.6 Å². The first-order valence-electron chi connectivity index (χ1n) is 9.47. The predicted octanol–water partition coefficient (Wildman–Crippen LogP) is 1.69. The highest BCUT2D eigenvalue weighted by Crippen LogP contribution is 2.17. The van der Waals surface area contributed by atoms with Gasteiger partial charge in [0, 0.05) is 37.6 Å². The second-order valence-electron chi connectivity index (χ2n) is 6.89.